The zero-order valence-electron chi connectivity index (χ0n) is 5.57. The van der Waals surface area contributed by atoms with Gasteiger partial charge in [-0.2, -0.15) is 0 Å². The molecule has 0 saturated heterocycles. The lowest BCUT2D eigenvalue weighted by molar-refractivity contribution is 0.0993. The lowest BCUT2D eigenvalue weighted by Crippen LogP contribution is -2.10. The van der Waals surface area contributed by atoms with Crippen molar-refractivity contribution in [2.24, 2.45) is 5.73 Å². The van der Waals surface area contributed by atoms with E-state index >= 15 is 0 Å². The molecule has 1 radical (unpaired) electrons. The highest BCUT2D eigenvalue weighted by atomic mass is 16.3. The molecule has 0 atom stereocenters. The van der Waals surface area contributed by atoms with Gasteiger partial charge in [0.15, 0.2) is 5.75 Å². The van der Waals surface area contributed by atoms with E-state index < -0.39 is 11.7 Å². The first-order valence-electron chi connectivity index (χ1n) is 2.91. The first-order valence-corrected chi connectivity index (χ1v) is 2.91. The molecule has 4 nitrogen and oxygen atoms in total. The van der Waals surface area contributed by atoms with E-state index in [0.29, 0.717) is 0 Å². The smallest absolute Gasteiger partial charge is 0.256 e. The Morgan fingerprint density at radius 1 is 1.45 bits per heavy atom. The third kappa shape index (κ3) is 1.24. The maximum absolute atomic E-state index is 10.8. The van der Waals surface area contributed by atoms with Crippen molar-refractivity contribution >= 4 is 5.91 Å². The highest BCUT2D eigenvalue weighted by molar-refractivity contribution is 5.98. The van der Waals surface area contributed by atoms with Crippen LogP contribution in [0.15, 0.2) is 18.2 Å². The minimum atomic E-state index is -0.909. The van der Waals surface area contributed by atoms with Crippen LogP contribution >= 0.6 is 0 Å². The second kappa shape index (κ2) is 2.49. The Labute approximate surface area is 62.9 Å². The van der Waals surface area contributed by atoms with E-state index in [1.54, 1.807) is 0 Å². The zero-order valence-corrected chi connectivity index (χ0v) is 5.57. The number of primary amides is 1. The molecule has 1 rings (SSSR count). The summed E-state index contributed by atoms with van der Waals surface area (Å²) < 4.78 is 0. The van der Waals surface area contributed by atoms with Gasteiger partial charge in [0.1, 0.15) is 11.3 Å². The van der Waals surface area contributed by atoms with Crippen molar-refractivity contribution in [1.82, 2.24) is 0 Å². The molecule has 4 heteroatoms. The molecule has 0 fully saturated rings. The largest absolute Gasteiger partial charge is 0.507 e. The molecular weight excluding hydrogens is 146 g/mol. The highest BCUT2D eigenvalue weighted by Gasteiger charge is 2.12. The molecule has 1 aromatic rings. The van der Waals surface area contributed by atoms with Gasteiger partial charge in [0.2, 0.25) is 0 Å². The molecule has 0 heterocycles. The predicted molar refractivity (Wildman–Crippen MR) is 36.8 cm³/mol. The summed E-state index contributed by atoms with van der Waals surface area (Å²) >= 11 is 0. The number of rotatable bonds is 1. The van der Waals surface area contributed by atoms with Gasteiger partial charge >= 0.3 is 0 Å². The van der Waals surface area contributed by atoms with Crippen molar-refractivity contribution in [2.45, 2.75) is 0 Å². The van der Waals surface area contributed by atoms with Gasteiger partial charge in [-0.15, -0.1) is 0 Å². The summed E-state index contributed by atoms with van der Waals surface area (Å²) in [4.78, 5) is 10.5. The predicted octanol–water partition coefficient (Wildman–Crippen LogP) is 0.635. The highest BCUT2D eigenvalue weighted by Crippen LogP contribution is 2.25. The maximum Gasteiger partial charge on any atom is 0.256 e. The normalized spacial score (nSPS) is 9.45. The van der Waals surface area contributed by atoms with Crippen molar-refractivity contribution in [3.63, 3.8) is 0 Å². The van der Waals surface area contributed by atoms with Gasteiger partial charge in [-0.3, -0.25) is 9.90 Å². The van der Waals surface area contributed by atoms with E-state index in [1.165, 1.54) is 18.2 Å². The van der Waals surface area contributed by atoms with E-state index in [-0.39, 0.29) is 11.3 Å². The minimum absolute atomic E-state index is 0.354. The van der Waals surface area contributed by atoms with Gasteiger partial charge in [-0.1, -0.05) is 6.07 Å². The summed E-state index contributed by atoms with van der Waals surface area (Å²) in [6.45, 7) is 0. The fourth-order valence-corrected chi connectivity index (χ4v) is 0.767. The molecular formula is C7H6NO3. The summed E-state index contributed by atoms with van der Waals surface area (Å²) in [6.07, 6.45) is 0. The van der Waals surface area contributed by atoms with Crippen molar-refractivity contribution in [2.75, 3.05) is 0 Å². The number of carbonyl (C=O) groups excluding carboxylic acids is 1. The lowest BCUT2D eigenvalue weighted by Gasteiger charge is -1.98. The number of phenols is 1. The van der Waals surface area contributed by atoms with Crippen LogP contribution in [0.1, 0.15) is 10.4 Å². The maximum atomic E-state index is 10.8. The number of nitrogens with two attached hydrogens (primary N) is 1. The quantitative estimate of drug-likeness (QED) is 0.618. The van der Waals surface area contributed by atoms with Crippen molar-refractivity contribution in [1.29, 1.82) is 0 Å². The molecule has 0 saturated carbocycles. The van der Waals surface area contributed by atoms with Crippen LogP contribution in [0.4, 0.5) is 0 Å². The fourth-order valence-electron chi connectivity index (χ4n) is 0.767. The number of hydrogen-bond donors (Lipinski definition) is 2. The van der Waals surface area contributed by atoms with Gasteiger partial charge in [-0.25, -0.2) is 0 Å². The Balaban J connectivity index is 3.32. The number of amides is 1. The third-order valence-electron chi connectivity index (χ3n) is 1.25. The number of aromatic hydroxyl groups is 1. The summed E-state index contributed by atoms with van der Waals surface area (Å²) in [5.41, 5.74) is 4.46. The Bertz CT molecular complexity index is 275. The van der Waals surface area contributed by atoms with E-state index in [9.17, 15) is 9.90 Å². The van der Waals surface area contributed by atoms with Crippen LogP contribution in [0.5, 0.6) is 11.5 Å². The molecule has 1 aromatic carbocycles. The summed E-state index contributed by atoms with van der Waals surface area (Å²) in [5, 5.41) is 19.8. The topological polar surface area (TPSA) is 83.2 Å². The Kier molecular flexibility index (Phi) is 1.68. The van der Waals surface area contributed by atoms with Crippen LogP contribution in [0, 0.1) is 0 Å². The molecule has 0 spiro atoms. The van der Waals surface area contributed by atoms with E-state index in [2.05, 4.69) is 0 Å². The van der Waals surface area contributed by atoms with Crippen LogP contribution in [-0.2, 0) is 5.11 Å². The number of carbonyl (C=O) groups is 1. The van der Waals surface area contributed by atoms with E-state index in [0.717, 1.165) is 0 Å². The number of hydrogen-bond acceptors (Lipinski definition) is 2. The van der Waals surface area contributed by atoms with Gasteiger partial charge in [0, 0.05) is 0 Å². The Morgan fingerprint density at radius 2 is 2.09 bits per heavy atom. The molecule has 0 aliphatic carbocycles. The molecule has 11 heavy (non-hydrogen) atoms. The van der Waals surface area contributed by atoms with Crippen molar-refractivity contribution < 1.29 is 15.0 Å². The molecule has 0 aliphatic rings. The summed E-state index contributed by atoms with van der Waals surface area (Å²) in [6, 6.07) is 3.76. The van der Waals surface area contributed by atoms with Gasteiger partial charge in [0.25, 0.3) is 5.91 Å². The molecule has 0 unspecified atom stereocenters. The van der Waals surface area contributed by atoms with Crippen LogP contribution < -0.4 is 5.73 Å². The zero-order chi connectivity index (χ0) is 8.43. The summed E-state index contributed by atoms with van der Waals surface area (Å²) in [5.74, 6) is -1.84. The van der Waals surface area contributed by atoms with Crippen molar-refractivity contribution in [3.8, 4) is 11.5 Å². The van der Waals surface area contributed by atoms with Crippen LogP contribution in [-0.4, -0.2) is 11.0 Å². The first-order chi connectivity index (χ1) is 5.13. The fraction of sp³-hybridized carbons (Fsp3) is 0. The third-order valence-corrected chi connectivity index (χ3v) is 1.25. The SMILES string of the molecule is NC(=O)c1c([O])cccc1O. The molecule has 0 bridgehead atoms. The molecule has 3 N–H and O–H groups in total. The van der Waals surface area contributed by atoms with Crippen molar-refractivity contribution in [3.05, 3.63) is 23.8 Å². The minimum Gasteiger partial charge on any atom is -0.507 e. The van der Waals surface area contributed by atoms with E-state index in [1.807, 2.05) is 0 Å². The Hall–Kier alpha value is -1.71. The lowest BCUT2D eigenvalue weighted by atomic mass is 10.2. The molecule has 0 aromatic heterocycles. The van der Waals surface area contributed by atoms with Gasteiger partial charge < -0.3 is 10.8 Å². The van der Waals surface area contributed by atoms with Gasteiger partial charge in [-0.05, 0) is 12.1 Å². The monoisotopic (exact) mass is 152 g/mol. The molecule has 1 amide bonds. The van der Waals surface area contributed by atoms with E-state index in [4.69, 9.17) is 10.8 Å². The van der Waals surface area contributed by atoms with Crippen LogP contribution in [0.3, 0.4) is 0 Å². The average Bonchev–Trinajstić information content (AvgIpc) is 1.85. The summed E-state index contributed by atoms with van der Waals surface area (Å²) in [7, 11) is 0. The second-order valence-corrected chi connectivity index (χ2v) is 2.01. The van der Waals surface area contributed by atoms with Gasteiger partial charge in [0.05, 0.1) is 0 Å². The van der Waals surface area contributed by atoms with Crippen LogP contribution in [0.25, 0.3) is 0 Å². The molecule has 0 aliphatic heterocycles. The second-order valence-electron chi connectivity index (χ2n) is 2.01. The van der Waals surface area contributed by atoms with Crippen LogP contribution in [0.2, 0.25) is 0 Å². The average molecular weight is 152 g/mol. The number of benzene rings is 1. The first kappa shape index (κ1) is 7.40. The standard InChI is InChI=1S/C7H6NO3/c8-7(11)6-4(9)2-1-3-5(6)10/h1-3,9H,(H2,8,11). The molecule has 57 valence electrons. The Morgan fingerprint density at radius 3 is 2.45 bits per heavy atom.